The average molecular weight is 376 g/mol. The van der Waals surface area contributed by atoms with E-state index in [9.17, 15) is 14.4 Å². The number of amides is 3. The van der Waals surface area contributed by atoms with Gasteiger partial charge in [-0.05, 0) is 19.4 Å². The molecule has 7 nitrogen and oxygen atoms in total. The Morgan fingerprint density at radius 1 is 1.23 bits per heavy atom. The van der Waals surface area contributed by atoms with Crippen LogP contribution in [0.2, 0.25) is 0 Å². The minimum Gasteiger partial charge on any atom is -0.300 e. The summed E-state index contributed by atoms with van der Waals surface area (Å²) in [5.41, 5.74) is 1.05. The number of carbonyl (C=O) groups is 3. The van der Waals surface area contributed by atoms with Gasteiger partial charge >= 0.3 is 0 Å². The maximum atomic E-state index is 12.5. The molecule has 4 rings (SSSR count). The van der Waals surface area contributed by atoms with E-state index in [0.717, 1.165) is 62.3 Å². The maximum Gasteiger partial charge on any atom is 0.246 e. The van der Waals surface area contributed by atoms with Crippen LogP contribution in [0.5, 0.6) is 0 Å². The van der Waals surface area contributed by atoms with E-state index in [0.29, 0.717) is 5.13 Å². The highest BCUT2D eigenvalue weighted by atomic mass is 32.1. The molecule has 1 saturated heterocycles. The number of likely N-dealkylation sites (tertiary alicyclic amines) is 1. The highest BCUT2D eigenvalue weighted by Gasteiger charge is 2.48. The molecule has 140 valence electrons. The van der Waals surface area contributed by atoms with Crippen LogP contribution in [0.25, 0.3) is 0 Å². The molecule has 1 N–H and O–H groups in total. The number of rotatable bonds is 4. The average Bonchev–Trinajstić information content (AvgIpc) is 3.15. The van der Waals surface area contributed by atoms with Crippen molar-refractivity contribution in [2.75, 3.05) is 25.0 Å². The lowest BCUT2D eigenvalue weighted by molar-refractivity contribution is -0.142. The van der Waals surface area contributed by atoms with Crippen LogP contribution in [-0.2, 0) is 27.3 Å². The third-order valence-electron chi connectivity index (χ3n) is 5.74. The van der Waals surface area contributed by atoms with E-state index in [1.807, 2.05) is 0 Å². The normalized spacial score (nSPS) is 26.0. The predicted octanol–water partition coefficient (Wildman–Crippen LogP) is 1.63. The topological polar surface area (TPSA) is 82.6 Å². The second kappa shape index (κ2) is 7.08. The highest BCUT2D eigenvalue weighted by Crippen LogP contribution is 2.38. The van der Waals surface area contributed by atoms with Gasteiger partial charge in [-0.2, -0.15) is 0 Å². The zero-order valence-corrected chi connectivity index (χ0v) is 15.8. The molecule has 1 saturated carbocycles. The van der Waals surface area contributed by atoms with Gasteiger partial charge in [0.1, 0.15) is 6.54 Å². The Morgan fingerprint density at radius 3 is 2.58 bits per heavy atom. The quantitative estimate of drug-likeness (QED) is 0.808. The van der Waals surface area contributed by atoms with Crippen molar-refractivity contribution >= 4 is 34.2 Å². The fourth-order valence-corrected chi connectivity index (χ4v) is 5.33. The summed E-state index contributed by atoms with van der Waals surface area (Å²) in [7, 11) is 0. The minimum absolute atomic E-state index is 0.174. The van der Waals surface area contributed by atoms with E-state index >= 15 is 0 Å². The van der Waals surface area contributed by atoms with Crippen LogP contribution in [0.1, 0.15) is 43.2 Å². The van der Waals surface area contributed by atoms with Crippen molar-refractivity contribution in [3.63, 3.8) is 0 Å². The van der Waals surface area contributed by atoms with Crippen LogP contribution in [0.15, 0.2) is 0 Å². The van der Waals surface area contributed by atoms with Gasteiger partial charge in [-0.15, -0.1) is 11.3 Å². The molecule has 0 bridgehead atoms. The molecule has 1 aromatic rings. The van der Waals surface area contributed by atoms with Crippen LogP contribution < -0.4 is 5.32 Å². The largest absolute Gasteiger partial charge is 0.300 e. The highest BCUT2D eigenvalue weighted by molar-refractivity contribution is 7.15. The second-order valence-electron chi connectivity index (χ2n) is 7.32. The fourth-order valence-electron chi connectivity index (χ4n) is 4.26. The first-order valence-electron chi connectivity index (χ1n) is 9.42. The SMILES string of the molecule is CCN1CCc2nc(NC(=O)CN3C(=O)C4CCCCC4C3=O)sc2C1. The van der Waals surface area contributed by atoms with Crippen LogP contribution in [-0.4, -0.2) is 52.1 Å². The molecular weight excluding hydrogens is 352 g/mol. The Balaban J connectivity index is 1.39. The minimum atomic E-state index is -0.344. The molecule has 1 aromatic heterocycles. The van der Waals surface area contributed by atoms with Crippen molar-refractivity contribution in [3.05, 3.63) is 10.6 Å². The number of anilines is 1. The predicted molar refractivity (Wildman–Crippen MR) is 97.6 cm³/mol. The molecule has 1 aliphatic carbocycles. The molecule has 3 aliphatic rings. The van der Waals surface area contributed by atoms with Crippen molar-refractivity contribution in [1.82, 2.24) is 14.8 Å². The number of nitrogens with one attached hydrogen (secondary N) is 1. The smallest absolute Gasteiger partial charge is 0.246 e. The molecule has 3 heterocycles. The van der Waals surface area contributed by atoms with Crippen LogP contribution >= 0.6 is 11.3 Å². The van der Waals surface area contributed by atoms with E-state index in [1.165, 1.54) is 16.2 Å². The van der Waals surface area contributed by atoms with Gasteiger partial charge in [0.05, 0.1) is 17.5 Å². The Morgan fingerprint density at radius 2 is 1.92 bits per heavy atom. The molecular formula is C18H24N4O3S. The number of nitrogens with zero attached hydrogens (tertiary/aromatic N) is 3. The number of fused-ring (bicyclic) bond motifs is 2. The summed E-state index contributed by atoms with van der Waals surface area (Å²) in [5, 5.41) is 3.35. The first-order valence-corrected chi connectivity index (χ1v) is 10.2. The van der Waals surface area contributed by atoms with Gasteiger partial charge in [-0.25, -0.2) is 4.98 Å². The Kier molecular flexibility index (Phi) is 4.79. The molecule has 3 amide bonds. The van der Waals surface area contributed by atoms with E-state index in [-0.39, 0.29) is 36.1 Å². The molecule has 0 radical (unpaired) electrons. The van der Waals surface area contributed by atoms with E-state index in [2.05, 4.69) is 22.1 Å². The van der Waals surface area contributed by atoms with Crippen LogP contribution in [0.4, 0.5) is 5.13 Å². The van der Waals surface area contributed by atoms with Gasteiger partial charge in [-0.3, -0.25) is 24.2 Å². The second-order valence-corrected chi connectivity index (χ2v) is 8.40. The standard InChI is InChI=1S/C18H24N4O3S/c1-2-21-8-7-13-14(9-21)26-18(19-13)20-15(23)10-22-16(24)11-5-3-4-6-12(11)17(22)25/h11-12H,2-10H2,1H3,(H,19,20,23). The summed E-state index contributed by atoms with van der Waals surface area (Å²) >= 11 is 1.49. The molecule has 2 unspecified atom stereocenters. The summed E-state index contributed by atoms with van der Waals surface area (Å²) in [6.45, 7) is 4.79. The van der Waals surface area contributed by atoms with Crippen LogP contribution in [0, 0.1) is 11.8 Å². The lowest BCUT2D eigenvalue weighted by Crippen LogP contribution is -2.38. The van der Waals surface area contributed by atoms with Crippen molar-refractivity contribution in [2.24, 2.45) is 11.8 Å². The monoisotopic (exact) mass is 376 g/mol. The van der Waals surface area contributed by atoms with Gasteiger partial charge in [0.15, 0.2) is 5.13 Å². The van der Waals surface area contributed by atoms with Gasteiger partial charge in [0.25, 0.3) is 0 Å². The first-order chi connectivity index (χ1) is 12.6. The molecule has 0 aromatic carbocycles. The van der Waals surface area contributed by atoms with E-state index in [4.69, 9.17) is 0 Å². The fraction of sp³-hybridized carbons (Fsp3) is 0.667. The molecule has 8 heteroatoms. The molecule has 2 fully saturated rings. The number of aromatic nitrogens is 1. The van der Waals surface area contributed by atoms with Gasteiger partial charge in [0, 0.05) is 24.4 Å². The number of imide groups is 1. The molecule has 2 aliphatic heterocycles. The summed E-state index contributed by atoms with van der Waals surface area (Å²) in [4.78, 5) is 46.5. The van der Waals surface area contributed by atoms with E-state index in [1.54, 1.807) is 0 Å². The van der Waals surface area contributed by atoms with Gasteiger partial charge in [0.2, 0.25) is 17.7 Å². The number of likely N-dealkylation sites (N-methyl/N-ethyl adjacent to an activating group) is 1. The number of carbonyl (C=O) groups excluding carboxylic acids is 3. The van der Waals surface area contributed by atoms with Crippen molar-refractivity contribution in [2.45, 2.75) is 45.6 Å². The number of thiazole rings is 1. The maximum absolute atomic E-state index is 12.5. The van der Waals surface area contributed by atoms with E-state index < -0.39 is 0 Å². The van der Waals surface area contributed by atoms with Gasteiger partial charge in [-0.1, -0.05) is 19.8 Å². The summed E-state index contributed by atoms with van der Waals surface area (Å²) in [5.74, 6) is -1.12. The third-order valence-corrected chi connectivity index (χ3v) is 6.74. The number of hydrogen-bond acceptors (Lipinski definition) is 6. The zero-order valence-electron chi connectivity index (χ0n) is 15.0. The summed E-state index contributed by atoms with van der Waals surface area (Å²) < 4.78 is 0. The van der Waals surface area contributed by atoms with Gasteiger partial charge < -0.3 is 5.32 Å². The summed E-state index contributed by atoms with van der Waals surface area (Å²) in [6, 6.07) is 0. The molecule has 2 atom stereocenters. The Bertz CT molecular complexity index is 723. The van der Waals surface area contributed by atoms with Crippen LogP contribution in [0.3, 0.4) is 0 Å². The molecule has 26 heavy (non-hydrogen) atoms. The third kappa shape index (κ3) is 3.16. The Labute approximate surface area is 156 Å². The van der Waals surface area contributed by atoms with Crippen molar-refractivity contribution < 1.29 is 14.4 Å². The van der Waals surface area contributed by atoms with Crippen molar-refractivity contribution in [1.29, 1.82) is 0 Å². The lowest BCUT2D eigenvalue weighted by atomic mass is 9.81. The molecule has 0 spiro atoms. The zero-order chi connectivity index (χ0) is 18.3. The Hall–Kier alpha value is -1.80. The van der Waals surface area contributed by atoms with Crippen molar-refractivity contribution in [3.8, 4) is 0 Å². The number of hydrogen-bond donors (Lipinski definition) is 1. The summed E-state index contributed by atoms with van der Waals surface area (Å²) in [6.07, 6.45) is 4.39. The first kappa shape index (κ1) is 17.6. The lowest BCUT2D eigenvalue weighted by Gasteiger charge is -2.23.